The summed E-state index contributed by atoms with van der Waals surface area (Å²) in [6, 6.07) is 17.8. The first kappa shape index (κ1) is 12.5. The number of ether oxygens (including phenoxy) is 1. The van der Waals surface area contributed by atoms with Crippen LogP contribution in [0.2, 0.25) is 0 Å². The van der Waals surface area contributed by atoms with Crippen molar-refractivity contribution in [3.05, 3.63) is 78.3 Å². The molecule has 2 aromatic carbocycles. The first-order valence-electron chi connectivity index (χ1n) is 6.32. The van der Waals surface area contributed by atoms with Crippen LogP contribution in [0.15, 0.2) is 71.3 Å². The Labute approximate surface area is 116 Å². The van der Waals surface area contributed by atoms with E-state index in [0.29, 0.717) is 6.61 Å². The highest BCUT2D eigenvalue weighted by molar-refractivity contribution is 5.58. The summed E-state index contributed by atoms with van der Waals surface area (Å²) in [5.74, 6) is 1.31. The predicted octanol–water partition coefficient (Wildman–Crippen LogP) is 4.66. The Bertz CT molecular complexity index is 672. The second kappa shape index (κ2) is 5.61. The molecule has 20 heavy (non-hydrogen) atoms. The van der Waals surface area contributed by atoms with E-state index in [0.717, 1.165) is 22.6 Å². The zero-order valence-corrected chi connectivity index (χ0v) is 10.8. The molecule has 0 radical (unpaired) electrons. The molecule has 3 rings (SSSR count). The lowest BCUT2D eigenvalue weighted by atomic mass is 10.2. The number of furan rings is 1. The third-order valence-corrected chi connectivity index (χ3v) is 2.95. The second-order valence-corrected chi connectivity index (χ2v) is 4.42. The molecule has 2 nitrogen and oxygen atoms in total. The lowest BCUT2D eigenvalue weighted by Crippen LogP contribution is -1.95. The third-order valence-electron chi connectivity index (χ3n) is 2.95. The van der Waals surface area contributed by atoms with E-state index in [-0.39, 0.29) is 5.82 Å². The molecule has 0 amide bonds. The molecular weight excluding hydrogens is 255 g/mol. The zero-order chi connectivity index (χ0) is 13.8. The van der Waals surface area contributed by atoms with Crippen LogP contribution < -0.4 is 4.74 Å². The van der Waals surface area contributed by atoms with Gasteiger partial charge in [0.05, 0.1) is 6.26 Å². The van der Waals surface area contributed by atoms with E-state index in [1.807, 2.05) is 42.5 Å². The first-order chi connectivity index (χ1) is 9.81. The van der Waals surface area contributed by atoms with Crippen LogP contribution in [-0.4, -0.2) is 0 Å². The van der Waals surface area contributed by atoms with Crippen LogP contribution in [0, 0.1) is 5.82 Å². The van der Waals surface area contributed by atoms with Gasteiger partial charge in [-0.15, -0.1) is 0 Å². The Morgan fingerprint density at radius 2 is 1.80 bits per heavy atom. The minimum Gasteiger partial charge on any atom is -0.489 e. The normalized spacial score (nSPS) is 10.4. The van der Waals surface area contributed by atoms with Crippen LogP contribution in [0.25, 0.3) is 11.3 Å². The summed E-state index contributed by atoms with van der Waals surface area (Å²) in [4.78, 5) is 0. The highest BCUT2D eigenvalue weighted by Gasteiger charge is 2.01. The van der Waals surface area contributed by atoms with Crippen molar-refractivity contribution in [1.29, 1.82) is 0 Å². The Kier molecular flexibility index (Phi) is 3.50. The van der Waals surface area contributed by atoms with Crippen molar-refractivity contribution >= 4 is 0 Å². The van der Waals surface area contributed by atoms with Crippen LogP contribution in [0.5, 0.6) is 5.75 Å². The van der Waals surface area contributed by atoms with Gasteiger partial charge in [0.1, 0.15) is 23.9 Å². The Hall–Kier alpha value is -2.55. The lowest BCUT2D eigenvalue weighted by Gasteiger charge is -2.07. The quantitative estimate of drug-likeness (QED) is 0.686. The average Bonchev–Trinajstić information content (AvgIpc) is 3.00. The maximum absolute atomic E-state index is 13.0. The number of hydrogen-bond donors (Lipinski definition) is 0. The number of benzene rings is 2. The van der Waals surface area contributed by atoms with Crippen LogP contribution in [0.3, 0.4) is 0 Å². The molecule has 3 aromatic rings. The molecule has 0 aliphatic carbocycles. The molecule has 0 bridgehead atoms. The SMILES string of the molecule is Fc1cccc(COc2ccc(-c3ccco3)cc2)c1. The highest BCUT2D eigenvalue weighted by Crippen LogP contribution is 2.23. The van der Waals surface area contributed by atoms with Crippen molar-refractivity contribution in [1.82, 2.24) is 0 Å². The lowest BCUT2D eigenvalue weighted by molar-refractivity contribution is 0.305. The molecule has 0 fully saturated rings. The molecule has 0 aliphatic heterocycles. The van der Waals surface area contributed by atoms with E-state index in [1.54, 1.807) is 12.3 Å². The summed E-state index contributed by atoms with van der Waals surface area (Å²) in [6.07, 6.45) is 1.64. The van der Waals surface area contributed by atoms with Gasteiger partial charge in [0.2, 0.25) is 0 Å². The van der Waals surface area contributed by atoms with Crippen molar-refractivity contribution in [3.63, 3.8) is 0 Å². The van der Waals surface area contributed by atoms with E-state index in [4.69, 9.17) is 9.15 Å². The van der Waals surface area contributed by atoms with E-state index in [9.17, 15) is 4.39 Å². The van der Waals surface area contributed by atoms with Crippen molar-refractivity contribution in [2.24, 2.45) is 0 Å². The van der Waals surface area contributed by atoms with Crippen LogP contribution in [-0.2, 0) is 6.61 Å². The second-order valence-electron chi connectivity index (χ2n) is 4.42. The maximum Gasteiger partial charge on any atom is 0.133 e. The van der Waals surface area contributed by atoms with E-state index in [1.165, 1.54) is 12.1 Å². The molecule has 0 aliphatic rings. The molecule has 1 aromatic heterocycles. The van der Waals surface area contributed by atoms with Gasteiger partial charge in [0.15, 0.2) is 0 Å². The predicted molar refractivity (Wildman–Crippen MR) is 74.9 cm³/mol. The van der Waals surface area contributed by atoms with Crippen molar-refractivity contribution in [2.75, 3.05) is 0 Å². The number of halogens is 1. The summed E-state index contributed by atoms with van der Waals surface area (Å²) < 4.78 is 24.0. The first-order valence-corrected chi connectivity index (χ1v) is 6.32. The Balaban J connectivity index is 1.67. The molecule has 0 atom stereocenters. The standard InChI is InChI=1S/C17H13FO2/c18-15-4-1-3-13(11-15)12-20-16-8-6-14(7-9-16)17-5-2-10-19-17/h1-11H,12H2. The maximum atomic E-state index is 13.0. The minimum absolute atomic E-state index is 0.251. The molecule has 0 N–H and O–H groups in total. The fourth-order valence-electron chi connectivity index (χ4n) is 1.95. The van der Waals surface area contributed by atoms with Crippen molar-refractivity contribution in [2.45, 2.75) is 6.61 Å². The van der Waals surface area contributed by atoms with E-state index >= 15 is 0 Å². The largest absolute Gasteiger partial charge is 0.489 e. The molecule has 0 saturated carbocycles. The summed E-state index contributed by atoms with van der Waals surface area (Å²) >= 11 is 0. The van der Waals surface area contributed by atoms with Gasteiger partial charge < -0.3 is 9.15 Å². The molecule has 0 saturated heterocycles. The third kappa shape index (κ3) is 2.88. The Morgan fingerprint density at radius 1 is 0.950 bits per heavy atom. The molecular formula is C17H13FO2. The fraction of sp³-hybridized carbons (Fsp3) is 0.0588. The molecule has 1 heterocycles. The summed E-state index contributed by atoms with van der Waals surface area (Å²) in [6.45, 7) is 0.345. The van der Waals surface area contributed by atoms with Crippen LogP contribution in [0.4, 0.5) is 4.39 Å². The summed E-state index contributed by atoms with van der Waals surface area (Å²) in [5, 5.41) is 0. The van der Waals surface area contributed by atoms with E-state index < -0.39 is 0 Å². The average molecular weight is 268 g/mol. The molecule has 0 spiro atoms. The Morgan fingerprint density at radius 3 is 2.50 bits per heavy atom. The van der Waals surface area contributed by atoms with Gasteiger partial charge in [-0.05, 0) is 54.1 Å². The summed E-state index contributed by atoms with van der Waals surface area (Å²) in [5.41, 5.74) is 1.80. The van der Waals surface area contributed by atoms with Gasteiger partial charge >= 0.3 is 0 Å². The topological polar surface area (TPSA) is 22.4 Å². The zero-order valence-electron chi connectivity index (χ0n) is 10.8. The fourth-order valence-corrected chi connectivity index (χ4v) is 1.95. The van der Waals surface area contributed by atoms with Gasteiger partial charge in [0.25, 0.3) is 0 Å². The number of rotatable bonds is 4. The molecule has 3 heteroatoms. The van der Waals surface area contributed by atoms with Gasteiger partial charge in [-0.3, -0.25) is 0 Å². The van der Waals surface area contributed by atoms with E-state index in [2.05, 4.69) is 0 Å². The van der Waals surface area contributed by atoms with Crippen LogP contribution in [0.1, 0.15) is 5.56 Å². The summed E-state index contributed by atoms with van der Waals surface area (Å²) in [7, 11) is 0. The van der Waals surface area contributed by atoms with Gasteiger partial charge in [-0.1, -0.05) is 12.1 Å². The van der Waals surface area contributed by atoms with Crippen molar-refractivity contribution in [3.8, 4) is 17.1 Å². The van der Waals surface area contributed by atoms with Gasteiger partial charge in [0, 0.05) is 5.56 Å². The highest BCUT2D eigenvalue weighted by atomic mass is 19.1. The monoisotopic (exact) mass is 268 g/mol. The van der Waals surface area contributed by atoms with Gasteiger partial charge in [-0.25, -0.2) is 4.39 Å². The molecule has 100 valence electrons. The van der Waals surface area contributed by atoms with Crippen molar-refractivity contribution < 1.29 is 13.5 Å². The van der Waals surface area contributed by atoms with Gasteiger partial charge in [-0.2, -0.15) is 0 Å². The van der Waals surface area contributed by atoms with Crippen LogP contribution >= 0.6 is 0 Å². The minimum atomic E-state index is -0.251. The smallest absolute Gasteiger partial charge is 0.133 e. The number of hydrogen-bond acceptors (Lipinski definition) is 2. The molecule has 0 unspecified atom stereocenters.